The van der Waals surface area contributed by atoms with Crippen LogP contribution in [0.15, 0.2) is 30.3 Å². The Morgan fingerprint density at radius 1 is 1.15 bits per heavy atom. The zero-order chi connectivity index (χ0) is 18.7. The van der Waals surface area contributed by atoms with E-state index >= 15 is 0 Å². The molecule has 26 heavy (non-hydrogen) atoms. The number of alkyl halides is 3. The zero-order valence-electron chi connectivity index (χ0n) is 14.2. The van der Waals surface area contributed by atoms with E-state index in [1.54, 1.807) is 6.92 Å². The van der Waals surface area contributed by atoms with Gasteiger partial charge in [-0.1, -0.05) is 25.0 Å². The molecule has 1 aliphatic carbocycles. The number of anilines is 2. The van der Waals surface area contributed by atoms with Gasteiger partial charge in [0.05, 0.1) is 11.3 Å². The molecule has 1 amide bonds. The van der Waals surface area contributed by atoms with Crippen LogP contribution >= 0.6 is 0 Å². The summed E-state index contributed by atoms with van der Waals surface area (Å²) in [5.74, 6) is 0.183. The Morgan fingerprint density at radius 3 is 2.54 bits per heavy atom. The maximum absolute atomic E-state index is 13.1. The van der Waals surface area contributed by atoms with E-state index < -0.39 is 17.6 Å². The van der Waals surface area contributed by atoms with Crippen molar-refractivity contribution in [1.29, 1.82) is 0 Å². The van der Waals surface area contributed by atoms with Crippen molar-refractivity contribution in [2.24, 2.45) is 0 Å². The molecule has 8 heteroatoms. The van der Waals surface area contributed by atoms with Gasteiger partial charge < -0.3 is 10.6 Å². The number of nitrogens with zero attached hydrogens (tertiary/aromatic N) is 2. The molecule has 0 saturated heterocycles. The molecule has 0 radical (unpaired) electrons. The van der Waals surface area contributed by atoms with Gasteiger partial charge in [-0.25, -0.2) is 9.97 Å². The van der Waals surface area contributed by atoms with Gasteiger partial charge in [-0.3, -0.25) is 4.79 Å². The lowest BCUT2D eigenvalue weighted by atomic mass is 10.1. The third-order valence-corrected chi connectivity index (χ3v) is 4.26. The highest BCUT2D eigenvalue weighted by molar-refractivity contribution is 6.03. The molecule has 1 heterocycles. The van der Waals surface area contributed by atoms with E-state index in [2.05, 4.69) is 20.6 Å². The van der Waals surface area contributed by atoms with Crippen molar-refractivity contribution >= 4 is 17.4 Å². The number of nitrogens with one attached hydrogen (secondary N) is 2. The fraction of sp³-hybridized carbons (Fsp3) is 0.389. The number of hydrogen-bond acceptors (Lipinski definition) is 4. The molecular formula is C18H19F3N4O. The highest BCUT2D eigenvalue weighted by Gasteiger charge is 2.33. The first-order chi connectivity index (χ1) is 12.3. The molecule has 5 nitrogen and oxygen atoms in total. The first kappa shape index (κ1) is 18.2. The lowest BCUT2D eigenvalue weighted by Gasteiger charge is -2.15. The molecular weight excluding hydrogens is 345 g/mol. The molecule has 0 atom stereocenters. The molecule has 3 rings (SSSR count). The van der Waals surface area contributed by atoms with Crippen molar-refractivity contribution in [2.45, 2.75) is 44.8 Å². The summed E-state index contributed by atoms with van der Waals surface area (Å²) in [6.07, 6.45) is -0.208. The monoisotopic (exact) mass is 364 g/mol. The van der Waals surface area contributed by atoms with Crippen molar-refractivity contribution in [3.8, 4) is 0 Å². The average molecular weight is 364 g/mol. The van der Waals surface area contributed by atoms with Crippen molar-refractivity contribution in [3.63, 3.8) is 0 Å². The van der Waals surface area contributed by atoms with E-state index in [0.29, 0.717) is 17.7 Å². The maximum atomic E-state index is 13.1. The van der Waals surface area contributed by atoms with E-state index in [4.69, 9.17) is 0 Å². The molecule has 138 valence electrons. The van der Waals surface area contributed by atoms with Gasteiger partial charge in [-0.15, -0.1) is 0 Å². The first-order valence-corrected chi connectivity index (χ1v) is 8.43. The van der Waals surface area contributed by atoms with Crippen LogP contribution in [0.5, 0.6) is 0 Å². The normalized spacial score (nSPS) is 15.1. The van der Waals surface area contributed by atoms with Gasteiger partial charge in [0.15, 0.2) is 0 Å². The smallest absolute Gasteiger partial charge is 0.367 e. The van der Waals surface area contributed by atoms with Crippen molar-refractivity contribution < 1.29 is 18.0 Å². The number of benzene rings is 1. The van der Waals surface area contributed by atoms with Crippen LogP contribution in [0.4, 0.5) is 24.7 Å². The fourth-order valence-electron chi connectivity index (χ4n) is 3.06. The number of aromatic nitrogens is 2. The van der Waals surface area contributed by atoms with Crippen LogP contribution < -0.4 is 10.6 Å². The predicted octanol–water partition coefficient (Wildman–Crippen LogP) is 4.41. The summed E-state index contributed by atoms with van der Waals surface area (Å²) in [6.45, 7) is 1.64. The van der Waals surface area contributed by atoms with Gasteiger partial charge in [0, 0.05) is 12.1 Å². The summed E-state index contributed by atoms with van der Waals surface area (Å²) in [6, 6.07) is 6.61. The molecule has 1 fully saturated rings. The Hall–Kier alpha value is -2.64. The average Bonchev–Trinajstić information content (AvgIpc) is 3.06. The van der Waals surface area contributed by atoms with Gasteiger partial charge in [-0.2, -0.15) is 13.2 Å². The summed E-state index contributed by atoms with van der Waals surface area (Å²) in [7, 11) is 0. The molecule has 1 saturated carbocycles. The molecule has 0 spiro atoms. The highest BCUT2D eigenvalue weighted by Crippen LogP contribution is 2.34. The Balaban J connectivity index is 1.81. The molecule has 1 aromatic carbocycles. The van der Waals surface area contributed by atoms with Gasteiger partial charge >= 0.3 is 6.18 Å². The number of para-hydroxylation sites is 1. The van der Waals surface area contributed by atoms with E-state index in [0.717, 1.165) is 31.7 Å². The SMILES string of the molecule is Cc1nc(NC2CCCC2)cc(C(=O)Nc2ccccc2C(F)(F)F)n1. The summed E-state index contributed by atoms with van der Waals surface area (Å²) < 4.78 is 39.2. The summed E-state index contributed by atoms with van der Waals surface area (Å²) in [5, 5.41) is 5.57. The second kappa shape index (κ2) is 7.31. The number of carbonyl (C=O) groups is 1. The van der Waals surface area contributed by atoms with Crippen LogP contribution in [-0.2, 0) is 6.18 Å². The Kier molecular flexibility index (Phi) is 5.11. The van der Waals surface area contributed by atoms with Gasteiger partial charge in [0.25, 0.3) is 5.91 Å². The maximum Gasteiger partial charge on any atom is 0.418 e. The second-order valence-electron chi connectivity index (χ2n) is 6.31. The molecule has 1 aliphatic rings. The van der Waals surface area contributed by atoms with Crippen molar-refractivity contribution in [1.82, 2.24) is 9.97 Å². The summed E-state index contributed by atoms with van der Waals surface area (Å²) >= 11 is 0. The Labute approximate surface area is 149 Å². The number of hydrogen-bond donors (Lipinski definition) is 2. The minimum absolute atomic E-state index is 0.0231. The second-order valence-corrected chi connectivity index (χ2v) is 6.31. The Morgan fingerprint density at radius 2 is 1.85 bits per heavy atom. The molecule has 2 aromatic rings. The zero-order valence-corrected chi connectivity index (χ0v) is 14.2. The highest BCUT2D eigenvalue weighted by atomic mass is 19.4. The van der Waals surface area contributed by atoms with E-state index in [9.17, 15) is 18.0 Å². The summed E-state index contributed by atoms with van der Waals surface area (Å²) in [5.41, 5.74) is -1.18. The first-order valence-electron chi connectivity index (χ1n) is 8.43. The number of amides is 1. The molecule has 0 bridgehead atoms. The molecule has 0 unspecified atom stereocenters. The van der Waals surface area contributed by atoms with Gasteiger partial charge in [0.1, 0.15) is 17.3 Å². The van der Waals surface area contributed by atoms with Crippen LogP contribution in [0.25, 0.3) is 0 Å². The van der Waals surface area contributed by atoms with Crippen molar-refractivity contribution in [2.75, 3.05) is 10.6 Å². The third kappa shape index (κ3) is 4.30. The number of halogens is 3. The number of carbonyl (C=O) groups excluding carboxylic acids is 1. The molecule has 0 aliphatic heterocycles. The van der Waals surface area contributed by atoms with Crippen LogP contribution in [0.3, 0.4) is 0 Å². The largest absolute Gasteiger partial charge is 0.418 e. The van der Waals surface area contributed by atoms with Crippen LogP contribution in [0, 0.1) is 6.92 Å². The standard InChI is InChI=1S/C18H19F3N4O/c1-11-22-15(10-16(23-11)24-12-6-2-3-7-12)17(26)25-14-9-5-4-8-13(14)18(19,20)21/h4-5,8-10,12H,2-3,6-7H2,1H3,(H,25,26)(H,22,23,24). The van der Waals surface area contributed by atoms with Crippen LogP contribution in [-0.4, -0.2) is 21.9 Å². The van der Waals surface area contributed by atoms with E-state index in [-0.39, 0.29) is 11.4 Å². The quantitative estimate of drug-likeness (QED) is 0.843. The molecule has 2 N–H and O–H groups in total. The number of rotatable bonds is 4. The van der Waals surface area contributed by atoms with Gasteiger partial charge in [0.2, 0.25) is 0 Å². The fourth-order valence-corrected chi connectivity index (χ4v) is 3.06. The van der Waals surface area contributed by atoms with Crippen LogP contribution in [0.1, 0.15) is 47.6 Å². The lowest BCUT2D eigenvalue weighted by Crippen LogP contribution is -2.20. The summed E-state index contributed by atoms with van der Waals surface area (Å²) in [4.78, 5) is 20.8. The van der Waals surface area contributed by atoms with E-state index in [1.165, 1.54) is 24.3 Å². The Bertz CT molecular complexity index is 801. The van der Waals surface area contributed by atoms with Gasteiger partial charge in [-0.05, 0) is 31.9 Å². The van der Waals surface area contributed by atoms with E-state index in [1.807, 2.05) is 0 Å². The van der Waals surface area contributed by atoms with Crippen LogP contribution in [0.2, 0.25) is 0 Å². The predicted molar refractivity (Wildman–Crippen MR) is 92.0 cm³/mol. The minimum Gasteiger partial charge on any atom is -0.367 e. The topological polar surface area (TPSA) is 66.9 Å². The lowest BCUT2D eigenvalue weighted by molar-refractivity contribution is -0.136. The minimum atomic E-state index is -4.55. The van der Waals surface area contributed by atoms with Crippen molar-refractivity contribution in [3.05, 3.63) is 47.4 Å². The third-order valence-electron chi connectivity index (χ3n) is 4.26. The number of aryl methyl sites for hydroxylation is 1. The molecule has 1 aromatic heterocycles.